The minimum absolute atomic E-state index is 0.0299. The van der Waals surface area contributed by atoms with E-state index in [-0.39, 0.29) is 5.69 Å². The van der Waals surface area contributed by atoms with Crippen LogP contribution in [0.15, 0.2) is 77.9 Å². The molecule has 8 nitrogen and oxygen atoms in total. The van der Waals surface area contributed by atoms with Gasteiger partial charge in [0.2, 0.25) is 0 Å². The van der Waals surface area contributed by atoms with Crippen LogP contribution in [0.1, 0.15) is 22.5 Å². The van der Waals surface area contributed by atoms with E-state index >= 15 is 0 Å². The normalized spacial score (nSPS) is 12.6. The number of anilines is 1. The van der Waals surface area contributed by atoms with Crippen LogP contribution in [0.4, 0.5) is 11.6 Å². The zero-order chi connectivity index (χ0) is 22.2. The third-order valence-electron chi connectivity index (χ3n) is 5.26. The summed E-state index contributed by atoms with van der Waals surface area (Å²) in [4.78, 5) is 10.7. The minimum Gasteiger partial charge on any atom is -0.263 e. The van der Waals surface area contributed by atoms with Crippen molar-refractivity contribution in [1.29, 1.82) is 0 Å². The van der Waals surface area contributed by atoms with Gasteiger partial charge in [0, 0.05) is 28.3 Å². The molecule has 0 unspecified atom stereocenters. The lowest BCUT2D eigenvalue weighted by Crippen LogP contribution is -2.20. The van der Waals surface area contributed by atoms with E-state index < -0.39 is 4.92 Å². The second-order valence-electron chi connectivity index (χ2n) is 7.34. The molecule has 1 aliphatic rings. The zero-order valence-corrected chi connectivity index (χ0v) is 17.8. The van der Waals surface area contributed by atoms with Crippen molar-refractivity contribution >= 4 is 28.9 Å². The molecule has 2 heterocycles. The monoisotopic (exact) mass is 444 g/mol. The number of nitro benzene ring substituents is 1. The molecule has 3 aromatic carbocycles. The van der Waals surface area contributed by atoms with Gasteiger partial charge in [-0.15, -0.1) is 10.2 Å². The van der Waals surface area contributed by atoms with Gasteiger partial charge in [0.1, 0.15) is 11.5 Å². The fourth-order valence-corrected chi connectivity index (χ4v) is 3.84. The molecule has 0 aliphatic carbocycles. The summed E-state index contributed by atoms with van der Waals surface area (Å²) < 4.78 is 1.97. The maximum Gasteiger partial charge on any atom is 0.269 e. The molecule has 158 valence electrons. The first-order valence-corrected chi connectivity index (χ1v) is 10.3. The van der Waals surface area contributed by atoms with Crippen molar-refractivity contribution in [1.82, 2.24) is 14.8 Å². The molecule has 5 rings (SSSR count). The van der Waals surface area contributed by atoms with Gasteiger partial charge in [-0.25, -0.2) is 5.01 Å². The van der Waals surface area contributed by atoms with Crippen LogP contribution in [0, 0.1) is 17.0 Å². The number of aromatic nitrogens is 3. The molecule has 1 aliphatic heterocycles. The second-order valence-corrected chi connectivity index (χ2v) is 7.77. The van der Waals surface area contributed by atoms with Crippen LogP contribution >= 0.6 is 11.6 Å². The lowest BCUT2D eigenvalue weighted by molar-refractivity contribution is -0.384. The van der Waals surface area contributed by atoms with E-state index in [2.05, 4.69) is 10.2 Å². The Labute approximate surface area is 188 Å². The maximum absolute atomic E-state index is 11.1. The first-order valence-electron chi connectivity index (χ1n) is 9.88. The van der Waals surface area contributed by atoms with E-state index in [4.69, 9.17) is 16.7 Å². The van der Waals surface area contributed by atoms with E-state index in [1.807, 2.05) is 60.0 Å². The third kappa shape index (κ3) is 3.50. The molecule has 0 amide bonds. The average molecular weight is 445 g/mol. The zero-order valence-electron chi connectivity index (χ0n) is 17.0. The highest BCUT2D eigenvalue weighted by atomic mass is 35.5. The average Bonchev–Trinajstić information content (AvgIpc) is 3.12. The first-order chi connectivity index (χ1) is 15.5. The Kier molecular flexibility index (Phi) is 4.91. The van der Waals surface area contributed by atoms with Gasteiger partial charge in [0.15, 0.2) is 0 Å². The number of fused-ring (bicyclic) bond motifs is 3. The van der Waals surface area contributed by atoms with E-state index in [9.17, 15) is 10.1 Å². The second kappa shape index (κ2) is 7.90. The third-order valence-corrected chi connectivity index (χ3v) is 5.51. The van der Waals surface area contributed by atoms with Gasteiger partial charge in [-0.05, 0) is 42.8 Å². The Hall–Kier alpha value is -4.04. The Morgan fingerprint density at radius 1 is 0.969 bits per heavy atom. The molecule has 0 radical (unpaired) electrons. The summed E-state index contributed by atoms with van der Waals surface area (Å²) in [5.74, 6) is 1.32. The number of para-hydroxylation sites is 1. The lowest BCUT2D eigenvalue weighted by atomic mass is 10.0. The van der Waals surface area contributed by atoms with E-state index in [0.29, 0.717) is 23.2 Å². The summed E-state index contributed by atoms with van der Waals surface area (Å²) in [6, 6.07) is 21.8. The van der Waals surface area contributed by atoms with Crippen molar-refractivity contribution < 1.29 is 4.92 Å². The highest BCUT2D eigenvalue weighted by Gasteiger charge is 2.26. The summed E-state index contributed by atoms with van der Waals surface area (Å²) in [5, 5.41) is 27.2. The first kappa shape index (κ1) is 19.9. The van der Waals surface area contributed by atoms with Gasteiger partial charge in [-0.2, -0.15) is 5.10 Å². The molecule has 1 aromatic heterocycles. The van der Waals surface area contributed by atoms with Crippen LogP contribution in [-0.2, 0) is 6.54 Å². The number of aryl methyl sites for hydroxylation is 1. The van der Waals surface area contributed by atoms with Crippen LogP contribution < -0.4 is 5.01 Å². The molecule has 32 heavy (non-hydrogen) atoms. The molecule has 0 N–H and O–H groups in total. The highest BCUT2D eigenvalue weighted by Crippen LogP contribution is 2.31. The number of hydrogen-bond acceptors (Lipinski definition) is 6. The topological polar surface area (TPSA) is 89.4 Å². The van der Waals surface area contributed by atoms with Crippen molar-refractivity contribution in [2.45, 2.75) is 13.5 Å². The number of benzene rings is 3. The molecular formula is C23H17ClN6O2. The summed E-state index contributed by atoms with van der Waals surface area (Å²) in [6.45, 7) is 2.34. The lowest BCUT2D eigenvalue weighted by Gasteiger charge is -2.18. The Morgan fingerprint density at radius 3 is 2.41 bits per heavy atom. The minimum atomic E-state index is -0.413. The van der Waals surface area contributed by atoms with E-state index in [1.165, 1.54) is 12.1 Å². The number of nitrogens with zero attached hydrogens (tertiary/aromatic N) is 6. The summed E-state index contributed by atoms with van der Waals surface area (Å²) in [7, 11) is 0. The molecule has 0 spiro atoms. The molecule has 0 saturated carbocycles. The highest BCUT2D eigenvalue weighted by molar-refractivity contribution is 6.30. The smallest absolute Gasteiger partial charge is 0.263 e. The predicted molar refractivity (Wildman–Crippen MR) is 122 cm³/mol. The van der Waals surface area contributed by atoms with Crippen LogP contribution in [0.25, 0.3) is 5.69 Å². The van der Waals surface area contributed by atoms with Gasteiger partial charge in [-0.1, -0.05) is 41.9 Å². The van der Waals surface area contributed by atoms with Crippen LogP contribution in [0.3, 0.4) is 0 Å². The SMILES string of the molecule is Cc1nnc2n1-c1ccccc1C(c1ccc([N+](=O)[O-])cc1)=NN2Cc1ccc(Cl)cc1. The Morgan fingerprint density at radius 2 is 1.69 bits per heavy atom. The largest absolute Gasteiger partial charge is 0.269 e. The van der Waals surface area contributed by atoms with Crippen LogP contribution in [-0.4, -0.2) is 25.4 Å². The quantitative estimate of drug-likeness (QED) is 0.329. The molecule has 9 heteroatoms. The van der Waals surface area contributed by atoms with Gasteiger partial charge >= 0.3 is 0 Å². The maximum atomic E-state index is 11.1. The Bertz CT molecular complexity index is 1350. The number of non-ortho nitro benzene ring substituents is 1. The Balaban J connectivity index is 1.69. The van der Waals surface area contributed by atoms with Crippen molar-refractivity contribution in [3.63, 3.8) is 0 Å². The molecule has 0 saturated heterocycles. The fraction of sp³-hybridized carbons (Fsp3) is 0.0870. The molecular weight excluding hydrogens is 428 g/mol. The van der Waals surface area contributed by atoms with Crippen molar-refractivity contribution in [3.8, 4) is 5.69 Å². The fourth-order valence-electron chi connectivity index (χ4n) is 3.71. The van der Waals surface area contributed by atoms with E-state index in [0.717, 1.165) is 28.2 Å². The van der Waals surface area contributed by atoms with Gasteiger partial charge < -0.3 is 0 Å². The summed E-state index contributed by atoms with van der Waals surface area (Å²) in [6.07, 6.45) is 0. The predicted octanol–water partition coefficient (Wildman–Crippen LogP) is 4.91. The van der Waals surface area contributed by atoms with Crippen LogP contribution in [0.2, 0.25) is 5.02 Å². The number of nitro groups is 1. The number of rotatable bonds is 4. The van der Waals surface area contributed by atoms with Gasteiger partial charge in [0.25, 0.3) is 11.6 Å². The number of hydrogen-bond donors (Lipinski definition) is 0. The molecule has 4 aromatic rings. The molecule has 0 bridgehead atoms. The van der Waals surface area contributed by atoms with Crippen molar-refractivity contribution in [2.24, 2.45) is 5.10 Å². The number of halogens is 1. The van der Waals surface area contributed by atoms with E-state index in [1.54, 1.807) is 17.1 Å². The van der Waals surface area contributed by atoms with Crippen LogP contribution in [0.5, 0.6) is 0 Å². The van der Waals surface area contributed by atoms with Crippen molar-refractivity contribution in [2.75, 3.05) is 5.01 Å². The summed E-state index contributed by atoms with van der Waals surface area (Å²) in [5.41, 5.74) is 4.25. The molecule has 0 atom stereocenters. The van der Waals surface area contributed by atoms with Gasteiger partial charge in [0.05, 0.1) is 17.2 Å². The standard InChI is InChI=1S/C23H17ClN6O2/c1-15-25-26-23-28(14-16-6-10-18(24)11-7-16)27-22(17-8-12-19(13-9-17)30(31)32)20-4-2-3-5-21(20)29(15)23/h2-13H,14H2,1H3. The van der Waals surface area contributed by atoms with Crippen molar-refractivity contribution in [3.05, 3.63) is 110 Å². The van der Waals surface area contributed by atoms with Gasteiger partial charge in [-0.3, -0.25) is 14.7 Å². The molecule has 0 fully saturated rings. The summed E-state index contributed by atoms with van der Waals surface area (Å²) >= 11 is 6.05. The number of hydrazone groups is 1.